The van der Waals surface area contributed by atoms with Gasteiger partial charge in [-0.3, -0.25) is 4.79 Å². The van der Waals surface area contributed by atoms with Crippen molar-refractivity contribution < 1.29 is 4.79 Å². The van der Waals surface area contributed by atoms with Crippen molar-refractivity contribution in [3.8, 4) is 28.5 Å². The fraction of sp³-hybridized carbons (Fsp3) is 0.0645. The number of carbonyl (C=O) groups excluding carboxylic acids is 1. The third-order valence-electron chi connectivity index (χ3n) is 6.10. The van der Waals surface area contributed by atoms with Crippen LogP contribution in [0.15, 0.2) is 102 Å². The van der Waals surface area contributed by atoms with Gasteiger partial charge in [-0.15, -0.1) is 0 Å². The number of rotatable bonds is 6. The molecule has 0 aliphatic rings. The van der Waals surface area contributed by atoms with Crippen molar-refractivity contribution in [3.63, 3.8) is 0 Å². The van der Waals surface area contributed by atoms with Crippen LogP contribution in [-0.2, 0) is 4.79 Å². The summed E-state index contributed by atoms with van der Waals surface area (Å²) < 4.78 is 0. The molecule has 1 heterocycles. The van der Waals surface area contributed by atoms with Crippen LogP contribution >= 0.6 is 35.0 Å². The predicted molar refractivity (Wildman–Crippen MR) is 158 cm³/mol. The van der Waals surface area contributed by atoms with Crippen molar-refractivity contribution >= 4 is 57.3 Å². The summed E-state index contributed by atoms with van der Waals surface area (Å²) in [6.45, 7) is 1.81. The Morgan fingerprint density at radius 1 is 0.895 bits per heavy atom. The number of fused-ring (bicyclic) bond motifs is 1. The topological polar surface area (TPSA) is 65.8 Å². The summed E-state index contributed by atoms with van der Waals surface area (Å²) >= 11 is 13.5. The summed E-state index contributed by atoms with van der Waals surface area (Å²) in [4.78, 5) is 18.1. The van der Waals surface area contributed by atoms with E-state index in [1.807, 2.05) is 79.7 Å². The Morgan fingerprint density at radius 3 is 2.21 bits per heavy atom. The van der Waals surface area contributed by atoms with E-state index in [-0.39, 0.29) is 5.91 Å². The number of thioether (sulfide) groups is 1. The minimum atomic E-state index is -0.521. The van der Waals surface area contributed by atoms with Crippen LogP contribution in [0.1, 0.15) is 12.5 Å². The number of benzene rings is 4. The lowest BCUT2D eigenvalue weighted by molar-refractivity contribution is -0.115. The van der Waals surface area contributed by atoms with Crippen LogP contribution in [0.2, 0.25) is 10.0 Å². The third-order valence-corrected chi connectivity index (χ3v) is 7.69. The molecule has 1 amide bonds. The van der Waals surface area contributed by atoms with E-state index < -0.39 is 5.25 Å². The van der Waals surface area contributed by atoms with E-state index in [0.29, 0.717) is 31.9 Å². The van der Waals surface area contributed by atoms with Crippen molar-refractivity contribution in [3.05, 3.63) is 113 Å². The number of anilines is 1. The summed E-state index contributed by atoms with van der Waals surface area (Å²) in [6, 6.07) is 32.6. The van der Waals surface area contributed by atoms with Gasteiger partial charge in [0.05, 0.1) is 16.5 Å². The Labute approximate surface area is 235 Å². The Balaban J connectivity index is 1.52. The number of carbonyl (C=O) groups is 1. The van der Waals surface area contributed by atoms with Crippen molar-refractivity contribution in [2.24, 2.45) is 0 Å². The normalized spacial score (nSPS) is 11.6. The summed E-state index contributed by atoms with van der Waals surface area (Å²) in [5, 5.41) is 16.4. The first-order chi connectivity index (χ1) is 18.4. The Hall–Kier alpha value is -3.82. The van der Waals surface area contributed by atoms with Gasteiger partial charge in [-0.2, -0.15) is 5.26 Å². The summed E-state index contributed by atoms with van der Waals surface area (Å²) in [5.74, 6) is -0.179. The molecule has 38 heavy (non-hydrogen) atoms. The predicted octanol–water partition coefficient (Wildman–Crippen LogP) is 8.87. The lowest BCUT2D eigenvalue weighted by atomic mass is 9.99. The van der Waals surface area contributed by atoms with Gasteiger partial charge in [0.15, 0.2) is 0 Å². The van der Waals surface area contributed by atoms with E-state index in [0.717, 1.165) is 27.6 Å². The van der Waals surface area contributed by atoms with Crippen LogP contribution in [0.3, 0.4) is 0 Å². The molecule has 0 saturated carbocycles. The van der Waals surface area contributed by atoms with Gasteiger partial charge < -0.3 is 5.32 Å². The van der Waals surface area contributed by atoms with Crippen LogP contribution in [0, 0.1) is 11.3 Å². The zero-order chi connectivity index (χ0) is 26.6. The smallest absolute Gasteiger partial charge is 0.237 e. The van der Waals surface area contributed by atoms with Crippen molar-refractivity contribution in [1.29, 1.82) is 5.26 Å². The number of hydrogen-bond acceptors (Lipinski definition) is 4. The highest BCUT2D eigenvalue weighted by molar-refractivity contribution is 8.00. The molecule has 4 nitrogen and oxygen atoms in total. The minimum Gasteiger partial charge on any atom is -0.325 e. The maximum absolute atomic E-state index is 13.3. The van der Waals surface area contributed by atoms with E-state index in [1.165, 1.54) is 11.8 Å². The SMILES string of the molecule is CC(Sc1nc(-c2ccc(Cl)cc2)cc(-c2ccc(Cl)cc2)c1C#N)C(=O)Nc1cccc2ccccc12. The van der Waals surface area contributed by atoms with E-state index in [4.69, 9.17) is 28.2 Å². The molecule has 7 heteroatoms. The molecule has 0 aliphatic heterocycles. The lowest BCUT2D eigenvalue weighted by Gasteiger charge is -2.16. The average molecular weight is 555 g/mol. The number of nitrogens with one attached hydrogen (secondary N) is 1. The number of pyridine rings is 1. The Morgan fingerprint density at radius 2 is 1.53 bits per heavy atom. The van der Waals surface area contributed by atoms with Crippen molar-refractivity contribution in [2.45, 2.75) is 17.2 Å². The average Bonchev–Trinajstić information content (AvgIpc) is 2.93. The molecule has 0 aliphatic carbocycles. The minimum absolute atomic E-state index is 0.179. The molecular formula is C31H21Cl2N3OS. The fourth-order valence-corrected chi connectivity index (χ4v) is 5.31. The van der Waals surface area contributed by atoms with E-state index >= 15 is 0 Å². The van der Waals surface area contributed by atoms with Crippen LogP contribution in [0.25, 0.3) is 33.2 Å². The van der Waals surface area contributed by atoms with Gasteiger partial charge in [-0.25, -0.2) is 4.98 Å². The van der Waals surface area contributed by atoms with Crippen LogP contribution < -0.4 is 5.32 Å². The van der Waals surface area contributed by atoms with Crippen LogP contribution in [-0.4, -0.2) is 16.1 Å². The highest BCUT2D eigenvalue weighted by Crippen LogP contribution is 2.36. The van der Waals surface area contributed by atoms with E-state index in [9.17, 15) is 10.1 Å². The summed E-state index contributed by atoms with van der Waals surface area (Å²) in [7, 11) is 0. The van der Waals surface area contributed by atoms with Gasteiger partial charge in [0.1, 0.15) is 11.1 Å². The summed E-state index contributed by atoms with van der Waals surface area (Å²) in [6.07, 6.45) is 0. The molecule has 4 aromatic carbocycles. The molecule has 1 unspecified atom stereocenters. The fourth-order valence-electron chi connectivity index (χ4n) is 4.13. The standard InChI is InChI=1S/C31H21Cl2N3OS/c1-19(30(37)35-28-8-4-6-20-5-2-3-7-25(20)28)38-31-27(18-34)26(21-9-13-23(32)14-10-21)17-29(36-31)22-11-15-24(33)16-12-22/h2-17,19H,1H3,(H,35,37). The van der Waals surface area contributed by atoms with Gasteiger partial charge in [-0.05, 0) is 54.3 Å². The van der Waals surface area contributed by atoms with Gasteiger partial charge in [-0.1, -0.05) is 95.6 Å². The zero-order valence-electron chi connectivity index (χ0n) is 20.3. The van der Waals surface area contributed by atoms with Gasteiger partial charge in [0.25, 0.3) is 0 Å². The molecule has 0 bridgehead atoms. The molecule has 0 spiro atoms. The number of hydrogen-bond donors (Lipinski definition) is 1. The first kappa shape index (κ1) is 25.8. The van der Waals surface area contributed by atoms with Crippen LogP contribution in [0.4, 0.5) is 5.69 Å². The molecule has 5 rings (SSSR count). The largest absolute Gasteiger partial charge is 0.325 e. The molecule has 0 radical (unpaired) electrons. The molecule has 1 aromatic heterocycles. The molecule has 5 aromatic rings. The quantitative estimate of drug-likeness (QED) is 0.213. The second-order valence-corrected chi connectivity index (χ2v) is 10.8. The highest BCUT2D eigenvalue weighted by Gasteiger charge is 2.22. The molecule has 0 fully saturated rings. The van der Waals surface area contributed by atoms with E-state index in [1.54, 1.807) is 24.3 Å². The highest BCUT2D eigenvalue weighted by atomic mass is 35.5. The molecule has 0 saturated heterocycles. The van der Waals surface area contributed by atoms with Crippen molar-refractivity contribution in [2.75, 3.05) is 5.32 Å². The number of nitriles is 1. The van der Waals surface area contributed by atoms with Gasteiger partial charge >= 0.3 is 0 Å². The number of amides is 1. The van der Waals surface area contributed by atoms with Gasteiger partial charge in [0, 0.05) is 32.2 Å². The summed E-state index contributed by atoms with van der Waals surface area (Å²) in [5.41, 5.74) is 4.22. The zero-order valence-corrected chi connectivity index (χ0v) is 22.6. The van der Waals surface area contributed by atoms with Crippen molar-refractivity contribution in [1.82, 2.24) is 4.98 Å². The van der Waals surface area contributed by atoms with Crippen LogP contribution in [0.5, 0.6) is 0 Å². The lowest BCUT2D eigenvalue weighted by Crippen LogP contribution is -2.22. The molecular weight excluding hydrogens is 533 g/mol. The number of halogens is 2. The first-order valence-corrected chi connectivity index (χ1v) is 13.5. The molecule has 186 valence electrons. The number of aromatic nitrogens is 1. The van der Waals surface area contributed by atoms with E-state index in [2.05, 4.69) is 11.4 Å². The molecule has 1 N–H and O–H groups in total. The number of nitrogens with zero attached hydrogens (tertiary/aromatic N) is 2. The second kappa shape index (κ2) is 11.3. The maximum atomic E-state index is 13.3. The van der Waals surface area contributed by atoms with Gasteiger partial charge in [0.2, 0.25) is 5.91 Å². The second-order valence-electron chi connectivity index (χ2n) is 8.64. The molecule has 1 atom stereocenters. The Bertz CT molecular complexity index is 1670. The monoisotopic (exact) mass is 553 g/mol. The third kappa shape index (κ3) is 5.54. The Kier molecular flexibility index (Phi) is 7.67. The maximum Gasteiger partial charge on any atom is 0.237 e. The first-order valence-electron chi connectivity index (χ1n) is 11.9.